The number of urea groups is 1. The molecular weight excluding hydrogens is 538 g/mol. The van der Waals surface area contributed by atoms with Crippen LogP contribution in [-0.2, 0) is 26.7 Å². The van der Waals surface area contributed by atoms with Crippen LogP contribution < -0.4 is 19.8 Å². The summed E-state index contributed by atoms with van der Waals surface area (Å²) in [4.78, 5) is 29.0. The highest BCUT2D eigenvalue weighted by Crippen LogP contribution is 2.42. The lowest BCUT2D eigenvalue weighted by atomic mass is 9.87. The summed E-state index contributed by atoms with van der Waals surface area (Å²) in [5.41, 5.74) is 2.61. The standard InChI is InChI=1S/C29H30F2N4O4S/c1-29(2,3)19-6-9-21(10-7-19)32-28(37)35-14-12-18-15-22(17-25(27(18)35)34-13-4-5-26(34)36)40(38,39)33-24-11-8-20(30)16-23(24)31/h6-11,15-17,33H,4-5,12-14H2,1-3H3,(H,32,37). The minimum Gasteiger partial charge on any atom is -0.310 e. The summed E-state index contributed by atoms with van der Waals surface area (Å²) >= 11 is 0. The monoisotopic (exact) mass is 568 g/mol. The van der Waals surface area contributed by atoms with Crippen LogP contribution in [0.25, 0.3) is 0 Å². The van der Waals surface area contributed by atoms with Gasteiger partial charge in [-0.1, -0.05) is 32.9 Å². The molecule has 11 heteroatoms. The van der Waals surface area contributed by atoms with Gasteiger partial charge in [0.1, 0.15) is 11.6 Å². The van der Waals surface area contributed by atoms with Gasteiger partial charge in [0.2, 0.25) is 5.91 Å². The van der Waals surface area contributed by atoms with Crippen molar-refractivity contribution >= 4 is 44.7 Å². The number of anilines is 4. The zero-order chi connectivity index (χ0) is 28.8. The third kappa shape index (κ3) is 5.38. The number of fused-ring (bicyclic) bond motifs is 1. The molecule has 1 saturated heterocycles. The Hall–Kier alpha value is -3.99. The van der Waals surface area contributed by atoms with Gasteiger partial charge in [-0.25, -0.2) is 22.0 Å². The normalized spacial score (nSPS) is 15.4. The molecule has 0 aromatic heterocycles. The van der Waals surface area contributed by atoms with Crippen LogP contribution in [-0.4, -0.2) is 33.4 Å². The Balaban J connectivity index is 1.49. The average molecular weight is 569 g/mol. The molecule has 0 spiro atoms. The Labute approximate surface area is 232 Å². The van der Waals surface area contributed by atoms with Crippen molar-refractivity contribution in [1.82, 2.24) is 0 Å². The SMILES string of the molecule is CC(C)(C)c1ccc(NC(=O)N2CCc3cc(S(=O)(=O)Nc4ccc(F)cc4F)cc(N4CCCC4=O)c32)cc1. The number of benzene rings is 3. The first-order chi connectivity index (χ1) is 18.8. The van der Waals surface area contributed by atoms with Crippen LogP contribution in [0.2, 0.25) is 0 Å². The molecule has 2 aliphatic rings. The Kier molecular flexibility index (Phi) is 7.03. The van der Waals surface area contributed by atoms with E-state index in [2.05, 4.69) is 30.8 Å². The maximum atomic E-state index is 14.2. The molecule has 0 saturated carbocycles. The van der Waals surface area contributed by atoms with E-state index in [1.807, 2.05) is 24.3 Å². The van der Waals surface area contributed by atoms with Crippen molar-refractivity contribution in [3.05, 3.63) is 77.4 Å². The number of nitrogens with one attached hydrogen (secondary N) is 2. The molecule has 3 amide bonds. The molecule has 8 nitrogen and oxygen atoms in total. The van der Waals surface area contributed by atoms with Gasteiger partial charge in [0.25, 0.3) is 10.0 Å². The molecule has 210 valence electrons. The third-order valence-corrected chi connectivity index (χ3v) is 8.46. The van der Waals surface area contributed by atoms with E-state index in [-0.39, 0.29) is 22.8 Å². The molecule has 2 N–H and O–H groups in total. The fraction of sp³-hybridized carbons (Fsp3) is 0.310. The first-order valence-corrected chi connectivity index (χ1v) is 14.5. The van der Waals surface area contributed by atoms with Crippen LogP contribution in [0.5, 0.6) is 0 Å². The number of carbonyl (C=O) groups excluding carboxylic acids is 2. The largest absolute Gasteiger partial charge is 0.326 e. The molecular formula is C29H30F2N4O4S. The number of sulfonamides is 1. The molecule has 1 fully saturated rings. The van der Waals surface area contributed by atoms with Crippen LogP contribution in [0.3, 0.4) is 0 Å². The molecule has 40 heavy (non-hydrogen) atoms. The minimum absolute atomic E-state index is 0.0387. The number of hydrogen-bond donors (Lipinski definition) is 2. The van der Waals surface area contributed by atoms with E-state index in [1.54, 1.807) is 0 Å². The number of carbonyl (C=O) groups is 2. The summed E-state index contributed by atoms with van der Waals surface area (Å²) in [6.45, 7) is 6.95. The number of hydrogen-bond acceptors (Lipinski definition) is 4. The first kappa shape index (κ1) is 27.6. The number of amides is 3. The van der Waals surface area contributed by atoms with E-state index in [4.69, 9.17) is 0 Å². The van der Waals surface area contributed by atoms with Crippen molar-refractivity contribution in [1.29, 1.82) is 0 Å². The van der Waals surface area contributed by atoms with Crippen molar-refractivity contribution in [3.63, 3.8) is 0 Å². The predicted molar refractivity (Wildman–Crippen MR) is 150 cm³/mol. The zero-order valence-electron chi connectivity index (χ0n) is 22.4. The Morgan fingerprint density at radius 1 is 0.950 bits per heavy atom. The van der Waals surface area contributed by atoms with Crippen molar-refractivity contribution < 1.29 is 26.8 Å². The Morgan fingerprint density at radius 2 is 1.68 bits per heavy atom. The van der Waals surface area contributed by atoms with Crippen LogP contribution in [0.1, 0.15) is 44.7 Å². The second kappa shape index (κ2) is 10.2. The lowest BCUT2D eigenvalue weighted by molar-refractivity contribution is -0.117. The summed E-state index contributed by atoms with van der Waals surface area (Å²) < 4.78 is 56.3. The zero-order valence-corrected chi connectivity index (χ0v) is 23.2. The van der Waals surface area contributed by atoms with E-state index >= 15 is 0 Å². The highest BCUT2D eigenvalue weighted by molar-refractivity contribution is 7.92. The van der Waals surface area contributed by atoms with Gasteiger partial charge in [0.15, 0.2) is 0 Å². The second-order valence-electron chi connectivity index (χ2n) is 11.0. The number of rotatable bonds is 5. The highest BCUT2D eigenvalue weighted by Gasteiger charge is 2.35. The van der Waals surface area contributed by atoms with Crippen molar-refractivity contribution in [2.24, 2.45) is 0 Å². The van der Waals surface area contributed by atoms with Crippen LogP contribution in [0, 0.1) is 11.6 Å². The summed E-state index contributed by atoms with van der Waals surface area (Å²) in [6, 6.07) is 12.5. The van der Waals surface area contributed by atoms with Gasteiger partial charge >= 0.3 is 6.03 Å². The van der Waals surface area contributed by atoms with Gasteiger partial charge in [-0.3, -0.25) is 14.4 Å². The molecule has 5 rings (SSSR count). The molecule has 0 atom stereocenters. The van der Waals surface area contributed by atoms with E-state index in [1.165, 1.54) is 21.9 Å². The summed E-state index contributed by atoms with van der Waals surface area (Å²) in [7, 11) is -4.31. The molecule has 0 aliphatic carbocycles. The summed E-state index contributed by atoms with van der Waals surface area (Å²) in [5.74, 6) is -2.08. The average Bonchev–Trinajstić information content (AvgIpc) is 3.51. The maximum Gasteiger partial charge on any atom is 0.326 e. The molecule has 0 bridgehead atoms. The van der Waals surface area contributed by atoms with E-state index < -0.39 is 33.4 Å². The van der Waals surface area contributed by atoms with Crippen LogP contribution >= 0.6 is 0 Å². The first-order valence-electron chi connectivity index (χ1n) is 13.0. The van der Waals surface area contributed by atoms with Gasteiger partial charge in [-0.15, -0.1) is 0 Å². The fourth-order valence-corrected chi connectivity index (χ4v) is 6.12. The molecule has 3 aromatic carbocycles. The molecule has 3 aromatic rings. The number of nitrogens with zero attached hydrogens (tertiary/aromatic N) is 2. The maximum absolute atomic E-state index is 14.2. The van der Waals surface area contributed by atoms with Gasteiger partial charge in [-0.05, 0) is 65.8 Å². The third-order valence-electron chi connectivity index (χ3n) is 7.11. The quantitative estimate of drug-likeness (QED) is 0.407. The topological polar surface area (TPSA) is 98.8 Å². The molecule has 0 unspecified atom stereocenters. The van der Waals surface area contributed by atoms with Crippen LogP contribution in [0.4, 0.5) is 36.3 Å². The van der Waals surface area contributed by atoms with Gasteiger partial charge in [0, 0.05) is 31.3 Å². The minimum atomic E-state index is -4.31. The lowest BCUT2D eigenvalue weighted by Gasteiger charge is -2.26. The Bertz CT molecular complexity index is 1600. The fourth-order valence-electron chi connectivity index (χ4n) is 4.98. The van der Waals surface area contributed by atoms with E-state index in [0.717, 1.165) is 17.7 Å². The molecule has 2 heterocycles. The van der Waals surface area contributed by atoms with Gasteiger partial charge in [0.05, 0.1) is 22.0 Å². The molecule has 0 radical (unpaired) electrons. The predicted octanol–water partition coefficient (Wildman–Crippen LogP) is 5.78. The van der Waals surface area contributed by atoms with E-state index in [0.29, 0.717) is 54.5 Å². The second-order valence-corrected chi connectivity index (χ2v) is 12.7. The smallest absolute Gasteiger partial charge is 0.310 e. The van der Waals surface area contributed by atoms with Gasteiger partial charge < -0.3 is 10.2 Å². The van der Waals surface area contributed by atoms with Crippen molar-refractivity contribution in [2.45, 2.75) is 50.3 Å². The Morgan fingerprint density at radius 3 is 2.30 bits per heavy atom. The summed E-state index contributed by atoms with van der Waals surface area (Å²) in [6.07, 6.45) is 1.25. The van der Waals surface area contributed by atoms with Crippen molar-refractivity contribution in [2.75, 3.05) is 32.9 Å². The van der Waals surface area contributed by atoms with Gasteiger partial charge in [-0.2, -0.15) is 0 Å². The number of halogens is 2. The summed E-state index contributed by atoms with van der Waals surface area (Å²) in [5, 5.41) is 2.90. The van der Waals surface area contributed by atoms with E-state index in [9.17, 15) is 26.8 Å². The lowest BCUT2D eigenvalue weighted by Crippen LogP contribution is -2.35. The molecule has 2 aliphatic heterocycles. The highest BCUT2D eigenvalue weighted by atomic mass is 32.2. The van der Waals surface area contributed by atoms with Crippen molar-refractivity contribution in [3.8, 4) is 0 Å². The van der Waals surface area contributed by atoms with Crippen LogP contribution in [0.15, 0.2) is 59.5 Å².